The molecule has 1 aliphatic rings. The van der Waals surface area contributed by atoms with Crippen LogP contribution in [0.2, 0.25) is 0 Å². The number of rotatable bonds is 5. The van der Waals surface area contributed by atoms with Gasteiger partial charge in [0.15, 0.2) is 5.82 Å². The van der Waals surface area contributed by atoms with Crippen molar-refractivity contribution in [3.63, 3.8) is 0 Å². The van der Waals surface area contributed by atoms with E-state index >= 15 is 0 Å². The lowest BCUT2D eigenvalue weighted by Crippen LogP contribution is -2.29. The van der Waals surface area contributed by atoms with E-state index in [2.05, 4.69) is 61.2 Å². The number of pyridine rings is 3. The molecule has 7 heterocycles. The lowest BCUT2D eigenvalue weighted by Gasteiger charge is -2.26. The molecule has 8 nitrogen and oxygen atoms in total. The van der Waals surface area contributed by atoms with Gasteiger partial charge in [0.1, 0.15) is 11.2 Å². The van der Waals surface area contributed by atoms with Gasteiger partial charge in [0.2, 0.25) is 0 Å². The fourth-order valence-corrected chi connectivity index (χ4v) is 6.03. The van der Waals surface area contributed by atoms with Crippen molar-refractivity contribution in [1.29, 1.82) is 0 Å². The minimum absolute atomic E-state index is 0.706. The van der Waals surface area contributed by atoms with Crippen LogP contribution in [-0.4, -0.2) is 53.1 Å². The maximum atomic E-state index is 4.96. The largest absolute Gasteiger partial charge is 0.335 e. The number of hydrogen-bond donors (Lipinski definition) is 2. The molecule has 37 heavy (non-hydrogen) atoms. The number of likely N-dealkylation sites (tertiary alicyclic amines) is 1. The summed E-state index contributed by atoms with van der Waals surface area (Å²) in [5.41, 5.74) is 7.53. The number of hydrogen-bond acceptors (Lipinski definition) is 7. The number of nitrogens with one attached hydrogen (secondary N) is 2. The summed E-state index contributed by atoms with van der Waals surface area (Å²) in [4.78, 5) is 27.0. The van der Waals surface area contributed by atoms with Gasteiger partial charge >= 0.3 is 0 Å². The fourth-order valence-electron chi connectivity index (χ4n) is 5.15. The molecule has 184 valence electrons. The highest BCUT2D eigenvalue weighted by Gasteiger charge is 2.17. The summed E-state index contributed by atoms with van der Waals surface area (Å²) >= 11 is 1.74. The zero-order valence-corrected chi connectivity index (χ0v) is 21.3. The van der Waals surface area contributed by atoms with Crippen LogP contribution < -0.4 is 0 Å². The van der Waals surface area contributed by atoms with Gasteiger partial charge in [-0.2, -0.15) is 5.10 Å². The van der Waals surface area contributed by atoms with E-state index < -0.39 is 0 Å². The Morgan fingerprint density at radius 1 is 0.946 bits per heavy atom. The Bertz CT molecular complexity index is 1720. The number of imidazole rings is 1. The summed E-state index contributed by atoms with van der Waals surface area (Å²) in [5.74, 6) is 0.706. The van der Waals surface area contributed by atoms with Crippen molar-refractivity contribution >= 4 is 33.3 Å². The van der Waals surface area contributed by atoms with Gasteiger partial charge in [0.05, 0.1) is 29.1 Å². The SMILES string of the molecule is Cc1ccc(-c2cncc3[nH]c(-c4n[nH]c5cnc(-c6cncc(CN7CCCCC7)c6)cc45)nc23)s1. The van der Waals surface area contributed by atoms with Gasteiger partial charge in [-0.1, -0.05) is 6.42 Å². The van der Waals surface area contributed by atoms with Crippen molar-refractivity contribution in [3.8, 4) is 33.2 Å². The van der Waals surface area contributed by atoms with Gasteiger partial charge in [-0.25, -0.2) is 4.98 Å². The third kappa shape index (κ3) is 4.20. The molecule has 2 N–H and O–H groups in total. The smallest absolute Gasteiger partial charge is 0.159 e. The molecule has 0 aliphatic carbocycles. The predicted molar refractivity (Wildman–Crippen MR) is 147 cm³/mol. The molecular formula is C28H26N8S. The molecule has 0 atom stereocenters. The molecule has 1 aliphatic heterocycles. The quantitative estimate of drug-likeness (QED) is 0.298. The van der Waals surface area contributed by atoms with E-state index in [0.717, 1.165) is 69.0 Å². The molecule has 0 spiro atoms. The molecule has 6 aromatic rings. The Labute approximate surface area is 217 Å². The van der Waals surface area contributed by atoms with Gasteiger partial charge in [0.25, 0.3) is 0 Å². The lowest BCUT2D eigenvalue weighted by molar-refractivity contribution is 0.220. The molecule has 0 saturated carbocycles. The molecule has 0 radical (unpaired) electrons. The average molecular weight is 507 g/mol. The van der Waals surface area contributed by atoms with Crippen LogP contribution >= 0.6 is 11.3 Å². The van der Waals surface area contributed by atoms with Crippen LogP contribution in [0.25, 0.3) is 55.2 Å². The molecule has 9 heteroatoms. The predicted octanol–water partition coefficient (Wildman–Crippen LogP) is 5.98. The van der Waals surface area contributed by atoms with Crippen molar-refractivity contribution in [2.75, 3.05) is 13.1 Å². The zero-order valence-electron chi connectivity index (χ0n) is 20.5. The number of H-pyrrole nitrogens is 2. The highest BCUT2D eigenvalue weighted by atomic mass is 32.1. The van der Waals surface area contributed by atoms with Crippen LogP contribution in [-0.2, 0) is 6.54 Å². The Kier molecular flexibility index (Phi) is 5.52. The maximum absolute atomic E-state index is 4.96. The van der Waals surface area contributed by atoms with Crippen LogP contribution in [0.15, 0.2) is 55.2 Å². The standard InChI is InChI=1S/C28H26N8S/c1-17-5-6-25(37-17)21-13-30-14-24-26(21)33-28(32-24)27-20-10-22(31-15-23(20)34-35-27)19-9-18(11-29-12-19)16-36-7-3-2-4-8-36/h5-6,9-15H,2-4,7-8,16H2,1H3,(H,32,33)(H,34,35). The average Bonchev–Trinajstić information content (AvgIpc) is 3.66. The number of aromatic nitrogens is 7. The number of nitrogens with zero attached hydrogens (tertiary/aromatic N) is 6. The summed E-state index contributed by atoms with van der Waals surface area (Å²) in [6, 6.07) is 8.53. The third-order valence-electron chi connectivity index (χ3n) is 7.02. The molecule has 0 bridgehead atoms. The first kappa shape index (κ1) is 22.3. The van der Waals surface area contributed by atoms with E-state index in [1.807, 2.05) is 31.0 Å². The van der Waals surface area contributed by atoms with E-state index in [1.54, 1.807) is 11.3 Å². The summed E-state index contributed by atoms with van der Waals surface area (Å²) in [5, 5.41) is 8.68. The van der Waals surface area contributed by atoms with Crippen LogP contribution in [0, 0.1) is 6.92 Å². The van der Waals surface area contributed by atoms with Crippen LogP contribution in [0.4, 0.5) is 0 Å². The maximum Gasteiger partial charge on any atom is 0.159 e. The Morgan fingerprint density at radius 3 is 2.70 bits per heavy atom. The number of piperidine rings is 1. The summed E-state index contributed by atoms with van der Waals surface area (Å²) in [7, 11) is 0. The summed E-state index contributed by atoms with van der Waals surface area (Å²) in [6.07, 6.45) is 13.3. The highest BCUT2D eigenvalue weighted by molar-refractivity contribution is 7.15. The minimum Gasteiger partial charge on any atom is -0.335 e. The Balaban J connectivity index is 1.26. The van der Waals surface area contributed by atoms with E-state index in [-0.39, 0.29) is 0 Å². The molecule has 0 amide bonds. The molecule has 0 aromatic carbocycles. The van der Waals surface area contributed by atoms with E-state index in [9.17, 15) is 0 Å². The van der Waals surface area contributed by atoms with E-state index in [4.69, 9.17) is 9.97 Å². The second-order valence-corrected chi connectivity index (χ2v) is 11.0. The number of thiophene rings is 1. The fraction of sp³-hybridized carbons (Fsp3) is 0.250. The molecule has 0 unspecified atom stereocenters. The van der Waals surface area contributed by atoms with Gasteiger partial charge in [-0.05, 0) is 62.7 Å². The van der Waals surface area contributed by atoms with Crippen molar-refractivity contribution < 1.29 is 0 Å². The van der Waals surface area contributed by atoms with Gasteiger partial charge in [-0.15, -0.1) is 11.3 Å². The first-order chi connectivity index (χ1) is 18.2. The van der Waals surface area contributed by atoms with Gasteiger partial charge in [0, 0.05) is 51.4 Å². The number of aryl methyl sites for hydroxylation is 1. The molecule has 1 saturated heterocycles. The van der Waals surface area contributed by atoms with Crippen molar-refractivity contribution in [2.45, 2.75) is 32.7 Å². The topological polar surface area (TPSA) is 99.3 Å². The first-order valence-corrected chi connectivity index (χ1v) is 13.4. The van der Waals surface area contributed by atoms with Crippen molar-refractivity contribution in [2.24, 2.45) is 0 Å². The van der Waals surface area contributed by atoms with Gasteiger partial charge < -0.3 is 4.98 Å². The number of aromatic amines is 2. The van der Waals surface area contributed by atoms with E-state index in [0.29, 0.717) is 5.82 Å². The zero-order chi connectivity index (χ0) is 24.8. The van der Waals surface area contributed by atoms with Gasteiger partial charge in [-0.3, -0.25) is 25.0 Å². The minimum atomic E-state index is 0.706. The monoisotopic (exact) mass is 506 g/mol. The second-order valence-electron chi connectivity index (χ2n) is 9.68. The molecule has 6 aromatic heterocycles. The summed E-state index contributed by atoms with van der Waals surface area (Å²) < 4.78 is 0. The summed E-state index contributed by atoms with van der Waals surface area (Å²) in [6.45, 7) is 5.36. The van der Waals surface area contributed by atoms with Crippen LogP contribution in [0.1, 0.15) is 29.7 Å². The normalized spacial score (nSPS) is 14.6. The van der Waals surface area contributed by atoms with Crippen molar-refractivity contribution in [3.05, 3.63) is 65.7 Å². The highest BCUT2D eigenvalue weighted by Crippen LogP contribution is 2.34. The Hall–Kier alpha value is -3.95. The number of fused-ring (bicyclic) bond motifs is 2. The first-order valence-electron chi connectivity index (χ1n) is 12.6. The third-order valence-corrected chi connectivity index (χ3v) is 8.05. The molecule has 7 rings (SSSR count). The molecular weight excluding hydrogens is 480 g/mol. The molecule has 1 fully saturated rings. The second kappa shape index (κ2) is 9.17. The van der Waals surface area contributed by atoms with Crippen LogP contribution in [0.5, 0.6) is 0 Å². The lowest BCUT2D eigenvalue weighted by atomic mass is 10.1. The van der Waals surface area contributed by atoms with Crippen molar-refractivity contribution in [1.82, 2.24) is 40.0 Å². The Morgan fingerprint density at radius 2 is 1.84 bits per heavy atom. The van der Waals surface area contributed by atoms with Crippen LogP contribution in [0.3, 0.4) is 0 Å². The van der Waals surface area contributed by atoms with E-state index in [1.165, 1.54) is 29.7 Å².